The molecule has 0 bridgehead atoms. The van der Waals surface area contributed by atoms with Crippen LogP contribution in [0.15, 0.2) is 54.9 Å². The zero-order valence-electron chi connectivity index (χ0n) is 16.7. The molecule has 1 N–H and O–H groups in total. The van der Waals surface area contributed by atoms with Crippen molar-refractivity contribution in [2.45, 2.75) is 37.8 Å². The highest BCUT2D eigenvalue weighted by Crippen LogP contribution is 2.46. The van der Waals surface area contributed by atoms with Crippen LogP contribution in [-0.2, 0) is 16.0 Å². The molecule has 4 rings (SSSR count). The fourth-order valence-electron chi connectivity index (χ4n) is 4.85. The SMILES string of the molecule is CN1C(=O)C2(CCN(C(=O)Cc3cccnc3)CC2)C[C@@H](O)[C@@H]1c1ccccc1. The molecule has 29 heavy (non-hydrogen) atoms. The van der Waals surface area contributed by atoms with Gasteiger partial charge in [-0.1, -0.05) is 36.4 Å². The van der Waals surface area contributed by atoms with Gasteiger partial charge in [-0.15, -0.1) is 0 Å². The molecule has 1 aromatic heterocycles. The maximum absolute atomic E-state index is 13.3. The Hall–Kier alpha value is -2.73. The van der Waals surface area contributed by atoms with Crippen LogP contribution in [0.2, 0.25) is 0 Å². The maximum Gasteiger partial charge on any atom is 0.229 e. The van der Waals surface area contributed by atoms with Crippen molar-refractivity contribution in [3.8, 4) is 0 Å². The Morgan fingerprint density at radius 3 is 2.55 bits per heavy atom. The third-order valence-electron chi connectivity index (χ3n) is 6.45. The lowest BCUT2D eigenvalue weighted by molar-refractivity contribution is -0.163. The average molecular weight is 393 g/mol. The van der Waals surface area contributed by atoms with Crippen LogP contribution in [0.3, 0.4) is 0 Å². The van der Waals surface area contributed by atoms with Gasteiger partial charge in [0.25, 0.3) is 0 Å². The normalized spacial score (nSPS) is 24.0. The number of likely N-dealkylation sites (N-methyl/N-ethyl adjacent to an activating group) is 1. The quantitative estimate of drug-likeness (QED) is 0.868. The Balaban J connectivity index is 1.43. The maximum atomic E-state index is 13.3. The third-order valence-corrected chi connectivity index (χ3v) is 6.45. The number of likely N-dealkylation sites (tertiary alicyclic amines) is 2. The highest BCUT2D eigenvalue weighted by Gasteiger charge is 2.51. The zero-order valence-corrected chi connectivity index (χ0v) is 16.7. The summed E-state index contributed by atoms with van der Waals surface area (Å²) < 4.78 is 0. The number of aliphatic hydroxyl groups is 1. The molecule has 6 heteroatoms. The molecule has 2 aliphatic heterocycles. The van der Waals surface area contributed by atoms with Crippen LogP contribution in [-0.4, -0.2) is 57.9 Å². The van der Waals surface area contributed by atoms with Gasteiger partial charge in [-0.3, -0.25) is 14.6 Å². The van der Waals surface area contributed by atoms with Gasteiger partial charge in [0, 0.05) is 32.5 Å². The van der Waals surface area contributed by atoms with E-state index in [-0.39, 0.29) is 17.9 Å². The Morgan fingerprint density at radius 1 is 1.17 bits per heavy atom. The lowest BCUT2D eigenvalue weighted by atomic mass is 9.68. The molecule has 3 heterocycles. The zero-order chi connectivity index (χ0) is 20.4. The minimum Gasteiger partial charge on any atom is -0.391 e. The number of nitrogens with zero attached hydrogens (tertiary/aromatic N) is 3. The number of aromatic nitrogens is 1. The van der Waals surface area contributed by atoms with Crippen LogP contribution in [0.4, 0.5) is 0 Å². The summed E-state index contributed by atoms with van der Waals surface area (Å²) in [6, 6.07) is 13.1. The van der Waals surface area contributed by atoms with Crippen LogP contribution in [0.25, 0.3) is 0 Å². The average Bonchev–Trinajstić information content (AvgIpc) is 2.74. The van der Waals surface area contributed by atoms with Gasteiger partial charge in [-0.05, 0) is 36.5 Å². The first-order valence-corrected chi connectivity index (χ1v) is 10.2. The van der Waals surface area contributed by atoms with Gasteiger partial charge in [0.2, 0.25) is 11.8 Å². The van der Waals surface area contributed by atoms with E-state index < -0.39 is 11.5 Å². The van der Waals surface area contributed by atoms with Gasteiger partial charge in [0.05, 0.1) is 24.0 Å². The minimum atomic E-state index is -0.613. The molecule has 0 saturated carbocycles. The van der Waals surface area contributed by atoms with Crippen LogP contribution in [0, 0.1) is 5.41 Å². The molecule has 152 valence electrons. The summed E-state index contributed by atoms with van der Waals surface area (Å²) in [4.78, 5) is 33.5. The van der Waals surface area contributed by atoms with Crippen LogP contribution in [0.5, 0.6) is 0 Å². The number of rotatable bonds is 3. The largest absolute Gasteiger partial charge is 0.391 e. The summed E-state index contributed by atoms with van der Waals surface area (Å²) in [5.74, 6) is 0.142. The molecule has 0 unspecified atom stereocenters. The summed E-state index contributed by atoms with van der Waals surface area (Å²) in [5.41, 5.74) is 1.27. The smallest absolute Gasteiger partial charge is 0.229 e. The second-order valence-electron chi connectivity index (χ2n) is 8.24. The molecule has 2 amide bonds. The number of carbonyl (C=O) groups excluding carboxylic acids is 2. The first-order chi connectivity index (χ1) is 14.0. The highest BCUT2D eigenvalue weighted by atomic mass is 16.3. The Labute approximate surface area is 171 Å². The first kappa shape index (κ1) is 19.6. The summed E-state index contributed by atoms with van der Waals surface area (Å²) in [7, 11) is 1.78. The molecule has 2 aliphatic rings. The van der Waals surface area contributed by atoms with Gasteiger partial charge in [-0.25, -0.2) is 0 Å². The van der Waals surface area contributed by atoms with Crippen molar-refractivity contribution >= 4 is 11.8 Å². The third kappa shape index (κ3) is 3.77. The molecule has 2 saturated heterocycles. The van der Waals surface area contributed by atoms with Gasteiger partial charge in [0.15, 0.2) is 0 Å². The monoisotopic (exact) mass is 393 g/mol. The predicted octanol–water partition coefficient (Wildman–Crippen LogP) is 2.20. The van der Waals surface area contributed by atoms with E-state index >= 15 is 0 Å². The number of pyridine rings is 1. The Bertz CT molecular complexity index is 863. The number of amides is 2. The van der Waals surface area contributed by atoms with E-state index in [0.29, 0.717) is 38.8 Å². The second-order valence-corrected chi connectivity index (χ2v) is 8.24. The van der Waals surface area contributed by atoms with E-state index in [1.54, 1.807) is 24.3 Å². The molecule has 1 spiro atoms. The molecule has 2 atom stereocenters. The van der Waals surface area contributed by atoms with E-state index in [1.165, 1.54) is 0 Å². The number of carbonyl (C=O) groups is 2. The number of aliphatic hydroxyl groups excluding tert-OH is 1. The van der Waals surface area contributed by atoms with Crippen LogP contribution < -0.4 is 0 Å². The number of hydrogen-bond donors (Lipinski definition) is 1. The topological polar surface area (TPSA) is 73.7 Å². The van der Waals surface area contributed by atoms with E-state index in [0.717, 1.165) is 11.1 Å². The lowest BCUT2D eigenvalue weighted by Crippen LogP contribution is -2.58. The fraction of sp³-hybridized carbons (Fsp3) is 0.435. The highest BCUT2D eigenvalue weighted by molar-refractivity contribution is 5.85. The molecular formula is C23H27N3O3. The second kappa shape index (κ2) is 7.95. The summed E-state index contributed by atoms with van der Waals surface area (Å²) in [6.07, 6.45) is 4.74. The van der Waals surface area contributed by atoms with Crippen LogP contribution in [0.1, 0.15) is 36.4 Å². The van der Waals surface area contributed by atoms with Crippen LogP contribution >= 0.6 is 0 Å². The standard InChI is InChI=1S/C23H27N3O3/c1-25-21(18-7-3-2-4-8-18)19(27)15-23(22(25)29)9-12-26(13-10-23)20(28)14-17-6-5-11-24-16-17/h2-8,11,16,19,21,27H,9-10,12-15H2,1H3/t19-,21+/m1/s1. The molecule has 2 fully saturated rings. The number of hydrogen-bond acceptors (Lipinski definition) is 4. The fourth-order valence-corrected chi connectivity index (χ4v) is 4.85. The Morgan fingerprint density at radius 2 is 1.90 bits per heavy atom. The summed E-state index contributed by atoms with van der Waals surface area (Å²) in [6.45, 7) is 1.09. The van der Waals surface area contributed by atoms with Gasteiger partial charge in [-0.2, -0.15) is 0 Å². The van der Waals surface area contributed by atoms with Gasteiger partial charge < -0.3 is 14.9 Å². The Kier molecular flexibility index (Phi) is 5.37. The van der Waals surface area contributed by atoms with Crippen molar-refractivity contribution < 1.29 is 14.7 Å². The van der Waals surface area contributed by atoms with Crippen molar-refractivity contribution in [1.82, 2.24) is 14.8 Å². The lowest BCUT2D eigenvalue weighted by Gasteiger charge is -2.50. The summed E-state index contributed by atoms with van der Waals surface area (Å²) >= 11 is 0. The predicted molar refractivity (Wildman–Crippen MR) is 109 cm³/mol. The number of piperidine rings is 2. The minimum absolute atomic E-state index is 0.0622. The molecule has 2 aromatic rings. The van der Waals surface area contributed by atoms with E-state index in [2.05, 4.69) is 4.98 Å². The van der Waals surface area contributed by atoms with E-state index in [4.69, 9.17) is 0 Å². The van der Waals surface area contributed by atoms with E-state index in [1.807, 2.05) is 47.4 Å². The van der Waals surface area contributed by atoms with Gasteiger partial charge in [0.1, 0.15) is 0 Å². The van der Waals surface area contributed by atoms with Gasteiger partial charge >= 0.3 is 0 Å². The molecule has 0 aliphatic carbocycles. The molecule has 6 nitrogen and oxygen atoms in total. The van der Waals surface area contributed by atoms with Crippen molar-refractivity contribution in [2.75, 3.05) is 20.1 Å². The number of benzene rings is 1. The van der Waals surface area contributed by atoms with E-state index in [9.17, 15) is 14.7 Å². The first-order valence-electron chi connectivity index (χ1n) is 10.2. The van der Waals surface area contributed by atoms with Crippen molar-refractivity contribution in [3.63, 3.8) is 0 Å². The van der Waals surface area contributed by atoms with Crippen molar-refractivity contribution in [1.29, 1.82) is 0 Å². The molecular weight excluding hydrogens is 366 g/mol. The molecule has 0 radical (unpaired) electrons. The van der Waals surface area contributed by atoms with Crippen molar-refractivity contribution in [2.24, 2.45) is 5.41 Å². The summed E-state index contributed by atoms with van der Waals surface area (Å²) in [5, 5.41) is 10.9. The molecule has 1 aromatic carbocycles. The van der Waals surface area contributed by atoms with Crippen molar-refractivity contribution in [3.05, 3.63) is 66.0 Å².